The van der Waals surface area contributed by atoms with Crippen molar-refractivity contribution in [1.29, 1.82) is 0 Å². The predicted octanol–water partition coefficient (Wildman–Crippen LogP) is 4.54. The summed E-state index contributed by atoms with van der Waals surface area (Å²) < 4.78 is 5.05. The van der Waals surface area contributed by atoms with Gasteiger partial charge in [0.05, 0.1) is 6.61 Å². The molecule has 0 aliphatic rings. The molecule has 0 aliphatic heterocycles. The minimum atomic E-state index is 0.716. The normalized spacial score (nSPS) is 10.8. The van der Waals surface area contributed by atoms with Gasteiger partial charge >= 0.3 is 0 Å². The number of hydrogen-bond acceptors (Lipinski definition) is 3. The van der Waals surface area contributed by atoms with Crippen LogP contribution < -0.4 is 5.32 Å². The highest BCUT2D eigenvalue weighted by Gasteiger charge is 2.06. The Kier molecular flexibility index (Phi) is 6.58. The quantitative estimate of drug-likeness (QED) is 0.757. The monoisotopic (exact) mass is 321 g/mol. The molecular formula is C17H20ClNOS. The van der Waals surface area contributed by atoms with E-state index in [9.17, 15) is 0 Å². The van der Waals surface area contributed by atoms with E-state index >= 15 is 0 Å². The fraction of sp³-hybridized carbons (Fsp3) is 0.294. The van der Waals surface area contributed by atoms with E-state index in [2.05, 4.69) is 42.6 Å². The Morgan fingerprint density at radius 2 is 2.05 bits per heavy atom. The highest BCUT2D eigenvalue weighted by atomic mass is 35.5. The van der Waals surface area contributed by atoms with Gasteiger partial charge in [-0.2, -0.15) is 0 Å². The maximum Gasteiger partial charge on any atom is 0.0587 e. The maximum atomic E-state index is 6.14. The number of methoxy groups -OCH3 is 1. The number of halogens is 1. The van der Waals surface area contributed by atoms with Crippen LogP contribution in [-0.2, 0) is 11.3 Å². The molecule has 0 saturated carbocycles. The molecule has 0 unspecified atom stereocenters. The topological polar surface area (TPSA) is 21.3 Å². The minimum Gasteiger partial charge on any atom is -0.383 e. The van der Waals surface area contributed by atoms with Gasteiger partial charge in [-0.3, -0.25) is 0 Å². The van der Waals surface area contributed by atoms with Crippen LogP contribution >= 0.6 is 23.4 Å². The van der Waals surface area contributed by atoms with Gasteiger partial charge in [-0.15, -0.1) is 0 Å². The molecule has 1 N–H and O–H groups in total. The second-order valence-corrected chi connectivity index (χ2v) is 6.39. The third-order valence-corrected chi connectivity index (χ3v) is 4.37. The number of aryl methyl sites for hydroxylation is 1. The molecule has 112 valence electrons. The molecule has 2 nitrogen and oxygen atoms in total. The van der Waals surface area contributed by atoms with Gasteiger partial charge in [0.2, 0.25) is 0 Å². The van der Waals surface area contributed by atoms with Crippen molar-refractivity contribution in [1.82, 2.24) is 5.32 Å². The van der Waals surface area contributed by atoms with Crippen LogP contribution in [-0.4, -0.2) is 20.3 Å². The van der Waals surface area contributed by atoms with Crippen molar-refractivity contribution in [3.8, 4) is 0 Å². The second-order valence-electron chi connectivity index (χ2n) is 4.84. The van der Waals surface area contributed by atoms with Gasteiger partial charge in [0.15, 0.2) is 0 Å². The first-order valence-corrected chi connectivity index (χ1v) is 8.11. The fourth-order valence-electron chi connectivity index (χ4n) is 1.97. The molecule has 2 rings (SSSR count). The van der Waals surface area contributed by atoms with Gasteiger partial charge in [-0.1, -0.05) is 47.1 Å². The van der Waals surface area contributed by atoms with E-state index < -0.39 is 0 Å². The number of nitrogens with one attached hydrogen (secondary N) is 1. The molecule has 2 aromatic carbocycles. The van der Waals surface area contributed by atoms with E-state index in [1.54, 1.807) is 18.9 Å². The third-order valence-electron chi connectivity index (χ3n) is 3.04. The Labute approximate surface area is 135 Å². The van der Waals surface area contributed by atoms with E-state index in [-0.39, 0.29) is 0 Å². The standard InChI is InChI=1S/C17H20ClNOS/c1-13-4-3-5-16(10-13)21-17-11-15(18)7-6-14(17)12-19-8-9-20-2/h3-7,10-11,19H,8-9,12H2,1-2H3. The van der Waals surface area contributed by atoms with E-state index in [0.29, 0.717) is 6.61 Å². The summed E-state index contributed by atoms with van der Waals surface area (Å²) in [4.78, 5) is 2.42. The van der Waals surface area contributed by atoms with Crippen LogP contribution in [0, 0.1) is 6.92 Å². The number of ether oxygens (including phenoxy) is 1. The van der Waals surface area contributed by atoms with Gasteiger partial charge in [-0.05, 0) is 36.8 Å². The predicted molar refractivity (Wildman–Crippen MR) is 90.3 cm³/mol. The van der Waals surface area contributed by atoms with Crippen LogP contribution in [0.15, 0.2) is 52.3 Å². The zero-order valence-electron chi connectivity index (χ0n) is 12.4. The summed E-state index contributed by atoms with van der Waals surface area (Å²) in [6, 6.07) is 14.6. The average molecular weight is 322 g/mol. The fourth-order valence-corrected chi connectivity index (χ4v) is 3.31. The van der Waals surface area contributed by atoms with Gasteiger partial charge < -0.3 is 10.1 Å². The van der Waals surface area contributed by atoms with E-state index in [0.717, 1.165) is 18.1 Å². The maximum absolute atomic E-state index is 6.14. The van der Waals surface area contributed by atoms with Crippen LogP contribution in [0.5, 0.6) is 0 Å². The molecule has 2 aromatic rings. The molecule has 0 amide bonds. The Morgan fingerprint density at radius 3 is 2.81 bits per heavy atom. The lowest BCUT2D eigenvalue weighted by Gasteiger charge is -2.11. The van der Waals surface area contributed by atoms with Crippen molar-refractivity contribution in [2.24, 2.45) is 0 Å². The van der Waals surface area contributed by atoms with Crippen LogP contribution in [0.25, 0.3) is 0 Å². The lowest BCUT2D eigenvalue weighted by atomic mass is 10.2. The summed E-state index contributed by atoms with van der Waals surface area (Å²) >= 11 is 7.89. The molecule has 0 atom stereocenters. The van der Waals surface area contributed by atoms with Crippen molar-refractivity contribution in [3.05, 3.63) is 58.6 Å². The summed E-state index contributed by atoms with van der Waals surface area (Å²) in [6.45, 7) is 4.48. The van der Waals surface area contributed by atoms with Crippen molar-refractivity contribution in [3.63, 3.8) is 0 Å². The summed E-state index contributed by atoms with van der Waals surface area (Å²) in [7, 11) is 1.71. The van der Waals surface area contributed by atoms with E-state index in [1.807, 2.05) is 12.1 Å². The molecule has 0 spiro atoms. The Hall–Kier alpha value is -1.00. The summed E-state index contributed by atoms with van der Waals surface area (Å²) in [5, 5.41) is 4.15. The van der Waals surface area contributed by atoms with Gasteiger partial charge in [-0.25, -0.2) is 0 Å². The smallest absolute Gasteiger partial charge is 0.0587 e. The summed E-state index contributed by atoms with van der Waals surface area (Å²) in [6.07, 6.45) is 0. The molecule has 0 bridgehead atoms. The van der Waals surface area contributed by atoms with Crippen molar-refractivity contribution in [2.45, 2.75) is 23.3 Å². The third kappa shape index (κ3) is 5.36. The van der Waals surface area contributed by atoms with Gasteiger partial charge in [0.25, 0.3) is 0 Å². The molecule has 0 heterocycles. The Bertz CT molecular complexity index is 589. The molecule has 21 heavy (non-hydrogen) atoms. The molecule has 0 aromatic heterocycles. The van der Waals surface area contributed by atoms with E-state index in [4.69, 9.17) is 16.3 Å². The highest BCUT2D eigenvalue weighted by Crippen LogP contribution is 2.32. The molecule has 0 aliphatic carbocycles. The molecular weight excluding hydrogens is 302 g/mol. The van der Waals surface area contributed by atoms with Crippen molar-refractivity contribution >= 4 is 23.4 Å². The van der Waals surface area contributed by atoms with Crippen molar-refractivity contribution in [2.75, 3.05) is 20.3 Å². The summed E-state index contributed by atoms with van der Waals surface area (Å²) in [5.74, 6) is 0. The van der Waals surface area contributed by atoms with Crippen LogP contribution in [0.1, 0.15) is 11.1 Å². The number of benzene rings is 2. The molecule has 0 fully saturated rings. The van der Waals surface area contributed by atoms with Crippen molar-refractivity contribution < 1.29 is 4.74 Å². The van der Waals surface area contributed by atoms with Crippen LogP contribution in [0.3, 0.4) is 0 Å². The zero-order valence-corrected chi connectivity index (χ0v) is 13.9. The first-order valence-electron chi connectivity index (χ1n) is 6.91. The minimum absolute atomic E-state index is 0.716. The first-order chi connectivity index (χ1) is 10.2. The number of rotatable bonds is 7. The highest BCUT2D eigenvalue weighted by molar-refractivity contribution is 7.99. The van der Waals surface area contributed by atoms with Gasteiger partial charge in [0.1, 0.15) is 0 Å². The number of hydrogen-bond donors (Lipinski definition) is 1. The van der Waals surface area contributed by atoms with Gasteiger partial charge in [0, 0.05) is 35.0 Å². The average Bonchev–Trinajstić information content (AvgIpc) is 2.45. The first kappa shape index (κ1) is 16.4. The lowest BCUT2D eigenvalue weighted by Crippen LogP contribution is -2.18. The van der Waals surface area contributed by atoms with E-state index in [1.165, 1.54) is 20.9 Å². The lowest BCUT2D eigenvalue weighted by molar-refractivity contribution is 0.199. The second kappa shape index (κ2) is 8.44. The largest absolute Gasteiger partial charge is 0.383 e. The summed E-state index contributed by atoms with van der Waals surface area (Å²) in [5.41, 5.74) is 2.52. The molecule has 0 saturated heterocycles. The van der Waals surface area contributed by atoms with Crippen LogP contribution in [0.2, 0.25) is 5.02 Å². The molecule has 4 heteroatoms. The zero-order chi connectivity index (χ0) is 15.1. The molecule has 0 radical (unpaired) electrons. The van der Waals surface area contributed by atoms with Crippen LogP contribution in [0.4, 0.5) is 0 Å². The SMILES string of the molecule is COCCNCc1ccc(Cl)cc1Sc1cccc(C)c1. The Morgan fingerprint density at radius 1 is 1.19 bits per heavy atom. The Balaban J connectivity index is 2.11.